The van der Waals surface area contributed by atoms with Crippen LogP contribution in [0.15, 0.2) is 0 Å². The third-order valence-corrected chi connectivity index (χ3v) is 4.64. The molecular weight excluding hydrogens is 222 g/mol. The van der Waals surface area contributed by atoms with Crippen LogP contribution in [0.3, 0.4) is 0 Å². The van der Waals surface area contributed by atoms with Gasteiger partial charge in [0, 0.05) is 6.54 Å². The van der Waals surface area contributed by atoms with Crippen molar-refractivity contribution in [3.63, 3.8) is 0 Å². The summed E-state index contributed by atoms with van der Waals surface area (Å²) in [6.07, 6.45) is 16.1. The van der Waals surface area contributed by atoms with Gasteiger partial charge in [-0.05, 0) is 31.7 Å². The predicted octanol–water partition coefficient (Wildman–Crippen LogP) is 3.90. The van der Waals surface area contributed by atoms with Gasteiger partial charge in [0.1, 0.15) is 0 Å². The van der Waals surface area contributed by atoms with E-state index in [0.717, 1.165) is 19.1 Å². The molecule has 0 heterocycles. The van der Waals surface area contributed by atoms with Crippen LogP contribution in [0.1, 0.15) is 70.6 Å². The minimum absolute atomic E-state index is 0.568. The smallest absolute Gasteiger partial charge is 0.0594 e. The minimum atomic E-state index is 0.568. The largest absolute Gasteiger partial charge is 0.377 e. The Morgan fingerprint density at radius 2 is 1.44 bits per heavy atom. The van der Waals surface area contributed by atoms with E-state index in [1.165, 1.54) is 77.2 Å². The summed E-state index contributed by atoms with van der Waals surface area (Å²) in [7, 11) is 0. The lowest BCUT2D eigenvalue weighted by molar-refractivity contribution is 0.0302. The highest BCUT2D eigenvalue weighted by molar-refractivity contribution is 4.67. The number of hydrogen-bond donors (Lipinski definition) is 1. The van der Waals surface area contributed by atoms with Crippen molar-refractivity contribution >= 4 is 0 Å². The molecule has 0 spiro atoms. The Morgan fingerprint density at radius 3 is 2.17 bits per heavy atom. The fraction of sp³-hybridized carbons (Fsp3) is 1.00. The van der Waals surface area contributed by atoms with Gasteiger partial charge >= 0.3 is 0 Å². The Bertz CT molecular complexity index is 173. The average molecular weight is 253 g/mol. The van der Waals surface area contributed by atoms with Crippen molar-refractivity contribution in [2.45, 2.75) is 76.7 Å². The topological polar surface area (TPSA) is 21.3 Å². The van der Waals surface area contributed by atoms with Crippen LogP contribution in [0, 0.1) is 5.92 Å². The summed E-state index contributed by atoms with van der Waals surface area (Å²) in [5, 5.41) is 3.55. The molecule has 0 bridgehead atoms. The normalized spacial score (nSPS) is 23.3. The highest BCUT2D eigenvalue weighted by Crippen LogP contribution is 2.25. The van der Waals surface area contributed by atoms with Gasteiger partial charge in [0.2, 0.25) is 0 Å². The van der Waals surface area contributed by atoms with E-state index >= 15 is 0 Å². The minimum Gasteiger partial charge on any atom is -0.377 e. The molecule has 0 aliphatic heterocycles. The van der Waals surface area contributed by atoms with Crippen molar-refractivity contribution in [1.82, 2.24) is 5.32 Å². The summed E-state index contributed by atoms with van der Waals surface area (Å²) in [6.45, 7) is 3.15. The van der Waals surface area contributed by atoms with E-state index in [1.54, 1.807) is 0 Å². The van der Waals surface area contributed by atoms with Gasteiger partial charge in [0.25, 0.3) is 0 Å². The number of rotatable bonds is 7. The lowest BCUT2D eigenvalue weighted by Crippen LogP contribution is -2.26. The van der Waals surface area contributed by atoms with E-state index in [9.17, 15) is 0 Å². The summed E-state index contributed by atoms with van der Waals surface area (Å²) in [5.41, 5.74) is 0. The molecule has 0 unspecified atom stereocenters. The molecule has 1 N–H and O–H groups in total. The van der Waals surface area contributed by atoms with Crippen molar-refractivity contribution in [1.29, 1.82) is 0 Å². The maximum absolute atomic E-state index is 5.91. The maximum Gasteiger partial charge on any atom is 0.0594 e. The van der Waals surface area contributed by atoms with E-state index in [1.807, 2.05) is 0 Å². The van der Waals surface area contributed by atoms with Crippen LogP contribution >= 0.6 is 0 Å². The first kappa shape index (κ1) is 14.3. The molecule has 0 saturated heterocycles. The number of ether oxygens (including phenoxy) is 1. The average Bonchev–Trinajstić information content (AvgIpc) is 2.45. The predicted molar refractivity (Wildman–Crippen MR) is 76.9 cm³/mol. The van der Waals surface area contributed by atoms with Crippen LogP contribution in [0.4, 0.5) is 0 Å². The highest BCUT2D eigenvalue weighted by Gasteiger charge is 2.14. The zero-order chi connectivity index (χ0) is 12.5. The fourth-order valence-electron chi connectivity index (χ4n) is 3.44. The zero-order valence-electron chi connectivity index (χ0n) is 12.0. The molecule has 2 fully saturated rings. The Labute approximate surface area is 113 Å². The summed E-state index contributed by atoms with van der Waals surface area (Å²) in [4.78, 5) is 0. The van der Waals surface area contributed by atoms with Crippen molar-refractivity contribution in [3.05, 3.63) is 0 Å². The van der Waals surface area contributed by atoms with Crippen LogP contribution in [-0.4, -0.2) is 25.8 Å². The first-order valence-electron chi connectivity index (χ1n) is 8.27. The molecule has 2 nitrogen and oxygen atoms in total. The second kappa shape index (κ2) is 8.92. The Hall–Kier alpha value is -0.0800. The quantitative estimate of drug-likeness (QED) is 0.695. The maximum atomic E-state index is 5.91. The van der Waals surface area contributed by atoms with E-state index in [2.05, 4.69) is 5.32 Å². The summed E-state index contributed by atoms with van der Waals surface area (Å²) in [6, 6.07) is 0. The Morgan fingerprint density at radius 1 is 0.778 bits per heavy atom. The SMILES string of the molecule is C1CCC(CCNCCOC2CCCCC2)CC1. The zero-order valence-corrected chi connectivity index (χ0v) is 12.0. The molecule has 0 amide bonds. The number of nitrogens with one attached hydrogen (secondary N) is 1. The van der Waals surface area contributed by atoms with Gasteiger partial charge < -0.3 is 10.1 Å². The van der Waals surface area contributed by atoms with Crippen molar-refractivity contribution in [2.24, 2.45) is 5.92 Å². The summed E-state index contributed by atoms with van der Waals surface area (Å²) < 4.78 is 5.91. The van der Waals surface area contributed by atoms with E-state index in [0.29, 0.717) is 6.10 Å². The molecule has 0 aromatic carbocycles. The van der Waals surface area contributed by atoms with Gasteiger partial charge in [-0.15, -0.1) is 0 Å². The Balaban J connectivity index is 1.39. The van der Waals surface area contributed by atoms with Gasteiger partial charge in [0.15, 0.2) is 0 Å². The molecule has 2 aliphatic carbocycles. The van der Waals surface area contributed by atoms with Crippen molar-refractivity contribution in [3.8, 4) is 0 Å². The number of hydrogen-bond acceptors (Lipinski definition) is 2. The van der Waals surface area contributed by atoms with Gasteiger partial charge in [-0.2, -0.15) is 0 Å². The highest BCUT2D eigenvalue weighted by atomic mass is 16.5. The first-order valence-corrected chi connectivity index (χ1v) is 8.27. The second-order valence-corrected chi connectivity index (χ2v) is 6.17. The summed E-state index contributed by atoms with van der Waals surface area (Å²) >= 11 is 0. The van der Waals surface area contributed by atoms with Gasteiger partial charge in [-0.3, -0.25) is 0 Å². The lowest BCUT2D eigenvalue weighted by atomic mass is 9.87. The van der Waals surface area contributed by atoms with Crippen LogP contribution in [-0.2, 0) is 4.74 Å². The lowest BCUT2D eigenvalue weighted by Gasteiger charge is -2.23. The third-order valence-electron chi connectivity index (χ3n) is 4.64. The molecule has 2 heteroatoms. The monoisotopic (exact) mass is 253 g/mol. The van der Waals surface area contributed by atoms with Gasteiger partial charge in [-0.1, -0.05) is 51.4 Å². The molecule has 0 aromatic heterocycles. The molecule has 18 heavy (non-hydrogen) atoms. The Kier molecular flexibility index (Phi) is 7.11. The molecule has 0 radical (unpaired) electrons. The van der Waals surface area contributed by atoms with E-state index in [-0.39, 0.29) is 0 Å². The molecule has 2 aliphatic rings. The van der Waals surface area contributed by atoms with Gasteiger partial charge in [-0.25, -0.2) is 0 Å². The van der Waals surface area contributed by atoms with E-state index < -0.39 is 0 Å². The fourth-order valence-corrected chi connectivity index (χ4v) is 3.44. The van der Waals surface area contributed by atoms with Crippen LogP contribution in [0.25, 0.3) is 0 Å². The molecule has 2 rings (SSSR count). The third kappa shape index (κ3) is 5.71. The molecule has 106 valence electrons. The van der Waals surface area contributed by atoms with Gasteiger partial charge in [0.05, 0.1) is 12.7 Å². The van der Waals surface area contributed by atoms with Crippen molar-refractivity contribution in [2.75, 3.05) is 19.7 Å². The second-order valence-electron chi connectivity index (χ2n) is 6.17. The molecule has 2 saturated carbocycles. The van der Waals surface area contributed by atoms with E-state index in [4.69, 9.17) is 4.74 Å². The van der Waals surface area contributed by atoms with Crippen LogP contribution in [0.5, 0.6) is 0 Å². The van der Waals surface area contributed by atoms with Crippen molar-refractivity contribution < 1.29 is 4.74 Å². The van der Waals surface area contributed by atoms with Crippen LogP contribution < -0.4 is 5.32 Å². The summed E-state index contributed by atoms with van der Waals surface area (Å²) in [5.74, 6) is 1.01. The van der Waals surface area contributed by atoms with Crippen LogP contribution in [0.2, 0.25) is 0 Å². The first-order chi connectivity index (χ1) is 8.95. The molecular formula is C16H31NO. The molecule has 0 atom stereocenters. The standard InChI is InChI=1S/C16H31NO/c1-3-7-15(8-4-1)11-12-17-13-14-18-16-9-5-2-6-10-16/h15-17H,1-14H2. The molecule has 0 aromatic rings.